The molecule has 1 fully saturated rings. The van der Waals surface area contributed by atoms with Crippen molar-refractivity contribution in [2.45, 2.75) is 39.2 Å². The van der Waals surface area contributed by atoms with E-state index in [2.05, 4.69) is 24.1 Å². The van der Waals surface area contributed by atoms with Gasteiger partial charge in [-0.2, -0.15) is 0 Å². The van der Waals surface area contributed by atoms with Crippen LogP contribution in [0.25, 0.3) is 0 Å². The van der Waals surface area contributed by atoms with Crippen molar-refractivity contribution < 1.29 is 14.3 Å². The highest BCUT2D eigenvalue weighted by atomic mass is 35.5. The highest BCUT2D eigenvalue weighted by Crippen LogP contribution is 2.29. The van der Waals surface area contributed by atoms with Gasteiger partial charge in [0.1, 0.15) is 5.15 Å². The second-order valence-corrected chi connectivity index (χ2v) is 6.22. The number of esters is 1. The van der Waals surface area contributed by atoms with E-state index in [9.17, 15) is 9.59 Å². The number of nitrogens with zero attached hydrogens (tertiary/aromatic N) is 1. The third kappa shape index (κ3) is 4.19. The lowest BCUT2D eigenvalue weighted by Crippen LogP contribution is -2.45. The van der Waals surface area contributed by atoms with Gasteiger partial charge in [0.05, 0.1) is 5.56 Å². The summed E-state index contributed by atoms with van der Waals surface area (Å²) in [5.41, 5.74) is 0.164. The van der Waals surface area contributed by atoms with Crippen LogP contribution in [-0.2, 0) is 9.53 Å². The zero-order chi connectivity index (χ0) is 16.1. The maximum atomic E-state index is 11.9. The van der Waals surface area contributed by atoms with Crippen molar-refractivity contribution in [1.82, 2.24) is 10.3 Å². The minimum absolute atomic E-state index is 0.0719. The average molecular weight is 325 g/mol. The standard InChI is InChI=1S/C16H21ClN2O3/c1-10-5-3-7-13(11(10)2)19-14(20)9-22-16(21)12-6-4-8-18-15(12)17/h4,6,8,10-11,13H,3,5,7,9H2,1-2H3,(H,19,20)/t10-,11-,13-/m1/s1. The number of nitrogens with one attached hydrogen (secondary N) is 1. The molecule has 22 heavy (non-hydrogen) atoms. The third-order valence-electron chi connectivity index (χ3n) is 4.37. The number of hydrogen-bond donors (Lipinski definition) is 1. The molecule has 1 aliphatic rings. The van der Waals surface area contributed by atoms with E-state index >= 15 is 0 Å². The normalized spacial score (nSPS) is 24.6. The second kappa shape index (κ2) is 7.58. The number of ether oxygens (including phenoxy) is 1. The summed E-state index contributed by atoms with van der Waals surface area (Å²) in [5.74, 6) is 0.106. The van der Waals surface area contributed by atoms with E-state index < -0.39 is 5.97 Å². The van der Waals surface area contributed by atoms with E-state index in [4.69, 9.17) is 16.3 Å². The van der Waals surface area contributed by atoms with Crippen molar-refractivity contribution in [2.75, 3.05) is 6.61 Å². The summed E-state index contributed by atoms with van der Waals surface area (Å²) in [6.07, 6.45) is 4.76. The number of hydrogen-bond acceptors (Lipinski definition) is 4. The first kappa shape index (κ1) is 16.7. The molecule has 1 aromatic rings. The van der Waals surface area contributed by atoms with Gasteiger partial charge in [-0.15, -0.1) is 0 Å². The first-order valence-electron chi connectivity index (χ1n) is 7.56. The zero-order valence-electron chi connectivity index (χ0n) is 12.8. The van der Waals surface area contributed by atoms with Gasteiger partial charge in [-0.1, -0.05) is 38.3 Å². The molecule has 1 aromatic heterocycles. The van der Waals surface area contributed by atoms with Gasteiger partial charge in [0.15, 0.2) is 6.61 Å². The molecule has 1 N–H and O–H groups in total. The average Bonchev–Trinajstić information content (AvgIpc) is 2.50. The molecule has 120 valence electrons. The number of carbonyl (C=O) groups is 2. The summed E-state index contributed by atoms with van der Waals surface area (Å²) in [4.78, 5) is 27.6. The van der Waals surface area contributed by atoms with Crippen molar-refractivity contribution in [2.24, 2.45) is 11.8 Å². The van der Waals surface area contributed by atoms with Gasteiger partial charge < -0.3 is 10.1 Å². The molecule has 1 saturated carbocycles. The number of halogens is 1. The van der Waals surface area contributed by atoms with E-state index in [0.717, 1.165) is 12.8 Å². The zero-order valence-corrected chi connectivity index (χ0v) is 13.6. The topological polar surface area (TPSA) is 68.3 Å². The molecule has 1 aliphatic carbocycles. The second-order valence-electron chi connectivity index (χ2n) is 5.86. The van der Waals surface area contributed by atoms with Crippen LogP contribution in [0.1, 0.15) is 43.5 Å². The van der Waals surface area contributed by atoms with Crippen molar-refractivity contribution in [1.29, 1.82) is 0 Å². The van der Waals surface area contributed by atoms with Gasteiger partial charge in [0, 0.05) is 12.2 Å². The lowest BCUT2D eigenvalue weighted by molar-refractivity contribution is -0.125. The van der Waals surface area contributed by atoms with Crippen molar-refractivity contribution in [3.63, 3.8) is 0 Å². The summed E-state index contributed by atoms with van der Waals surface area (Å²) in [7, 11) is 0. The Kier molecular flexibility index (Phi) is 5.77. The highest BCUT2D eigenvalue weighted by Gasteiger charge is 2.28. The highest BCUT2D eigenvalue weighted by molar-refractivity contribution is 6.32. The van der Waals surface area contributed by atoms with Crippen molar-refractivity contribution in [3.05, 3.63) is 29.0 Å². The maximum Gasteiger partial charge on any atom is 0.341 e. The van der Waals surface area contributed by atoms with Crippen LogP contribution in [-0.4, -0.2) is 29.5 Å². The van der Waals surface area contributed by atoms with Crippen LogP contribution in [0.2, 0.25) is 5.15 Å². The van der Waals surface area contributed by atoms with E-state index in [1.165, 1.54) is 18.7 Å². The largest absolute Gasteiger partial charge is 0.452 e. The Hall–Kier alpha value is -1.62. The number of aromatic nitrogens is 1. The van der Waals surface area contributed by atoms with E-state index in [1.807, 2.05) is 0 Å². The molecule has 0 spiro atoms. The fourth-order valence-corrected chi connectivity index (χ4v) is 2.98. The fourth-order valence-electron chi connectivity index (χ4n) is 2.78. The molecule has 2 rings (SSSR count). The summed E-state index contributed by atoms with van der Waals surface area (Å²) >= 11 is 5.81. The van der Waals surface area contributed by atoms with Gasteiger partial charge in [0.2, 0.25) is 0 Å². The van der Waals surface area contributed by atoms with Crippen molar-refractivity contribution >= 4 is 23.5 Å². The van der Waals surface area contributed by atoms with Crippen LogP contribution in [0.3, 0.4) is 0 Å². The third-order valence-corrected chi connectivity index (χ3v) is 4.67. The number of carbonyl (C=O) groups excluding carboxylic acids is 2. The lowest BCUT2D eigenvalue weighted by atomic mass is 9.78. The first-order valence-corrected chi connectivity index (χ1v) is 7.94. The van der Waals surface area contributed by atoms with E-state index in [-0.39, 0.29) is 29.3 Å². The molecule has 6 heteroatoms. The maximum absolute atomic E-state index is 11.9. The van der Waals surface area contributed by atoms with Gasteiger partial charge in [-0.05, 0) is 30.4 Å². The van der Waals surface area contributed by atoms with Gasteiger partial charge in [0.25, 0.3) is 5.91 Å². The predicted molar refractivity (Wildman–Crippen MR) is 83.6 cm³/mol. The number of amides is 1. The van der Waals surface area contributed by atoms with Crippen molar-refractivity contribution in [3.8, 4) is 0 Å². The summed E-state index contributed by atoms with van der Waals surface area (Å²) in [6.45, 7) is 4.05. The summed E-state index contributed by atoms with van der Waals surface area (Å²) in [5, 5.41) is 3.03. The molecular formula is C16H21ClN2O3. The molecule has 1 amide bonds. The molecular weight excluding hydrogens is 304 g/mol. The molecule has 0 aliphatic heterocycles. The molecule has 5 nitrogen and oxygen atoms in total. The SMILES string of the molecule is C[C@@H]1[C@H](C)CCC[C@H]1NC(=O)COC(=O)c1cccnc1Cl. The smallest absolute Gasteiger partial charge is 0.341 e. The molecule has 0 aromatic carbocycles. The monoisotopic (exact) mass is 324 g/mol. The summed E-state index contributed by atoms with van der Waals surface area (Å²) < 4.78 is 5.00. The molecule has 0 saturated heterocycles. The lowest BCUT2D eigenvalue weighted by Gasteiger charge is -2.34. The fraction of sp³-hybridized carbons (Fsp3) is 0.562. The minimum Gasteiger partial charge on any atom is -0.452 e. The minimum atomic E-state index is -0.640. The Labute approximate surface area is 135 Å². The Morgan fingerprint density at radius 1 is 1.41 bits per heavy atom. The van der Waals surface area contributed by atoms with Crippen LogP contribution in [0.15, 0.2) is 18.3 Å². The van der Waals surface area contributed by atoms with E-state index in [1.54, 1.807) is 6.07 Å². The van der Waals surface area contributed by atoms with Crippen LogP contribution >= 0.6 is 11.6 Å². The van der Waals surface area contributed by atoms with Crippen LogP contribution in [0.5, 0.6) is 0 Å². The predicted octanol–water partition coefficient (Wildman–Crippen LogP) is 2.83. The van der Waals surface area contributed by atoms with E-state index in [0.29, 0.717) is 11.8 Å². The molecule has 0 radical (unpaired) electrons. The molecule has 0 unspecified atom stereocenters. The Bertz CT molecular complexity index is 550. The first-order chi connectivity index (χ1) is 10.5. The van der Waals surface area contributed by atoms with Crippen LogP contribution in [0, 0.1) is 11.8 Å². The van der Waals surface area contributed by atoms with Gasteiger partial charge in [-0.3, -0.25) is 4.79 Å². The Morgan fingerprint density at radius 3 is 2.91 bits per heavy atom. The number of rotatable bonds is 4. The molecule has 1 heterocycles. The van der Waals surface area contributed by atoms with Gasteiger partial charge >= 0.3 is 5.97 Å². The molecule has 3 atom stereocenters. The molecule has 0 bridgehead atoms. The Morgan fingerprint density at radius 2 is 2.18 bits per heavy atom. The van der Waals surface area contributed by atoms with Gasteiger partial charge in [-0.25, -0.2) is 9.78 Å². The van der Waals surface area contributed by atoms with Crippen LogP contribution < -0.4 is 5.32 Å². The van der Waals surface area contributed by atoms with Crippen LogP contribution in [0.4, 0.5) is 0 Å². The summed E-state index contributed by atoms with van der Waals surface area (Å²) in [6, 6.07) is 3.26. The number of pyridine rings is 1. The quantitative estimate of drug-likeness (QED) is 0.683. The Balaban J connectivity index is 1.83.